The molecule has 14 heavy (non-hydrogen) atoms. The maximum atomic E-state index is 2.52. The number of rotatable bonds is 0. The van der Waals surface area contributed by atoms with Gasteiger partial charge in [-0.25, -0.2) is 0 Å². The Morgan fingerprint density at radius 1 is 1.14 bits per heavy atom. The van der Waals surface area contributed by atoms with Crippen molar-refractivity contribution in [2.75, 3.05) is 20.6 Å². The molecule has 3 rings (SSSR count). The molecule has 4 atom stereocenters. The lowest BCUT2D eigenvalue weighted by atomic mass is 9.62. The van der Waals surface area contributed by atoms with Crippen molar-refractivity contribution in [2.24, 2.45) is 17.3 Å². The standard InChI is InChI=1S/C13H26N/c1-10-11(2)13(3)7-6-12(10)14(4,5)9-8-13/h10-12H,6-9H2,1-5H3/q+1/t10-,11-,12?,13-/m1/s1. The third-order valence-corrected chi connectivity index (χ3v) is 5.66. The van der Waals surface area contributed by atoms with Crippen LogP contribution in [0.1, 0.15) is 40.0 Å². The average molecular weight is 196 g/mol. The van der Waals surface area contributed by atoms with Crippen molar-refractivity contribution in [3.8, 4) is 0 Å². The Balaban J connectivity index is 2.35. The van der Waals surface area contributed by atoms with Crippen LogP contribution in [0.5, 0.6) is 0 Å². The summed E-state index contributed by atoms with van der Waals surface area (Å²) in [5, 5.41) is 0. The summed E-state index contributed by atoms with van der Waals surface area (Å²) in [4.78, 5) is 0. The zero-order valence-corrected chi connectivity index (χ0v) is 10.5. The molecule has 1 saturated carbocycles. The minimum atomic E-state index is 0.641. The van der Waals surface area contributed by atoms with E-state index in [1.807, 2.05) is 0 Å². The molecule has 2 heterocycles. The molecular formula is C13H26N+. The molecule has 3 aliphatic rings. The molecule has 1 nitrogen and oxygen atoms in total. The van der Waals surface area contributed by atoms with E-state index in [2.05, 4.69) is 34.9 Å². The molecule has 0 amide bonds. The molecule has 1 unspecified atom stereocenters. The van der Waals surface area contributed by atoms with E-state index in [1.54, 1.807) is 0 Å². The molecule has 2 saturated heterocycles. The second-order valence-corrected chi connectivity index (χ2v) is 6.66. The van der Waals surface area contributed by atoms with Crippen LogP contribution >= 0.6 is 0 Å². The highest BCUT2D eigenvalue weighted by atomic mass is 15.3. The van der Waals surface area contributed by atoms with Crippen LogP contribution in [-0.4, -0.2) is 31.2 Å². The second kappa shape index (κ2) is 2.98. The first-order valence-electron chi connectivity index (χ1n) is 6.19. The minimum absolute atomic E-state index is 0.641. The molecule has 0 N–H and O–H groups in total. The predicted octanol–water partition coefficient (Wildman–Crippen LogP) is 2.91. The van der Waals surface area contributed by atoms with Gasteiger partial charge in [0.1, 0.15) is 0 Å². The van der Waals surface area contributed by atoms with Crippen molar-refractivity contribution in [2.45, 2.75) is 46.1 Å². The highest BCUT2D eigenvalue weighted by molar-refractivity contribution is 4.94. The Morgan fingerprint density at radius 3 is 2.43 bits per heavy atom. The molecule has 0 aromatic carbocycles. The third kappa shape index (κ3) is 1.32. The summed E-state index contributed by atoms with van der Waals surface area (Å²) in [6.45, 7) is 8.88. The number of quaternary nitrogens is 1. The quantitative estimate of drug-likeness (QED) is 0.523. The molecule has 0 radical (unpaired) electrons. The number of fused-ring (bicyclic) bond motifs is 4. The van der Waals surface area contributed by atoms with E-state index in [4.69, 9.17) is 0 Å². The Morgan fingerprint density at radius 2 is 1.79 bits per heavy atom. The Kier molecular flexibility index (Phi) is 2.23. The van der Waals surface area contributed by atoms with Gasteiger partial charge in [0.15, 0.2) is 0 Å². The van der Waals surface area contributed by atoms with Gasteiger partial charge in [0, 0.05) is 18.8 Å². The SMILES string of the molecule is C[C@@H]1[C@@H](C)C2CC[C@]1(C)CC[N+]2(C)C. The molecule has 0 spiro atoms. The molecule has 2 aliphatic heterocycles. The summed E-state index contributed by atoms with van der Waals surface area (Å²) in [6, 6.07) is 0.917. The van der Waals surface area contributed by atoms with Crippen LogP contribution in [0.2, 0.25) is 0 Å². The Labute approximate surface area is 89.1 Å². The van der Waals surface area contributed by atoms with E-state index in [0.29, 0.717) is 5.41 Å². The van der Waals surface area contributed by atoms with Gasteiger partial charge in [0.2, 0.25) is 0 Å². The monoisotopic (exact) mass is 196 g/mol. The van der Waals surface area contributed by atoms with Gasteiger partial charge in [-0.1, -0.05) is 20.8 Å². The largest absolute Gasteiger partial charge is 0.326 e. The van der Waals surface area contributed by atoms with E-state index in [9.17, 15) is 0 Å². The van der Waals surface area contributed by atoms with Crippen LogP contribution in [0.3, 0.4) is 0 Å². The van der Waals surface area contributed by atoms with E-state index >= 15 is 0 Å². The average Bonchev–Trinajstić information content (AvgIpc) is 2.25. The van der Waals surface area contributed by atoms with Gasteiger partial charge < -0.3 is 4.48 Å². The van der Waals surface area contributed by atoms with Crippen molar-refractivity contribution in [1.29, 1.82) is 0 Å². The molecule has 0 aromatic heterocycles. The van der Waals surface area contributed by atoms with E-state index in [1.165, 1.54) is 30.3 Å². The van der Waals surface area contributed by atoms with Crippen LogP contribution in [0, 0.1) is 17.3 Å². The van der Waals surface area contributed by atoms with E-state index in [-0.39, 0.29) is 0 Å². The van der Waals surface area contributed by atoms with Crippen molar-refractivity contribution in [3.63, 3.8) is 0 Å². The van der Waals surface area contributed by atoms with Crippen molar-refractivity contribution in [1.82, 2.24) is 0 Å². The van der Waals surface area contributed by atoms with Gasteiger partial charge in [-0.15, -0.1) is 0 Å². The molecule has 2 bridgehead atoms. The van der Waals surface area contributed by atoms with Gasteiger partial charge in [0.05, 0.1) is 26.7 Å². The molecule has 1 heteroatoms. The number of nitrogens with zero attached hydrogens (tertiary/aromatic N) is 1. The van der Waals surface area contributed by atoms with Gasteiger partial charge >= 0.3 is 0 Å². The topological polar surface area (TPSA) is 0 Å². The Hall–Kier alpha value is -0.0400. The zero-order valence-electron chi connectivity index (χ0n) is 10.5. The normalized spacial score (nSPS) is 51.6. The molecule has 0 aromatic rings. The summed E-state index contributed by atoms with van der Waals surface area (Å²) >= 11 is 0. The zero-order chi connectivity index (χ0) is 10.6. The molecule has 1 aliphatic carbocycles. The minimum Gasteiger partial charge on any atom is -0.326 e. The smallest absolute Gasteiger partial charge is 0.0914 e. The number of hydrogen-bond acceptors (Lipinski definition) is 0. The van der Waals surface area contributed by atoms with Crippen molar-refractivity contribution >= 4 is 0 Å². The fourth-order valence-electron chi connectivity index (χ4n) is 3.98. The number of hydrogen-bond donors (Lipinski definition) is 0. The van der Waals surface area contributed by atoms with E-state index in [0.717, 1.165) is 17.9 Å². The van der Waals surface area contributed by atoms with Crippen LogP contribution in [0.4, 0.5) is 0 Å². The first-order valence-corrected chi connectivity index (χ1v) is 6.19. The van der Waals surface area contributed by atoms with Gasteiger partial charge in [-0.3, -0.25) is 0 Å². The first-order chi connectivity index (χ1) is 6.37. The van der Waals surface area contributed by atoms with Crippen molar-refractivity contribution < 1.29 is 4.48 Å². The second-order valence-electron chi connectivity index (χ2n) is 6.66. The summed E-state index contributed by atoms with van der Waals surface area (Å²) in [7, 11) is 4.87. The fourth-order valence-corrected chi connectivity index (χ4v) is 3.98. The van der Waals surface area contributed by atoms with Gasteiger partial charge in [0.25, 0.3) is 0 Å². The van der Waals surface area contributed by atoms with Gasteiger partial charge in [-0.2, -0.15) is 0 Å². The summed E-state index contributed by atoms with van der Waals surface area (Å²) in [5.41, 5.74) is 0.641. The molecular weight excluding hydrogens is 170 g/mol. The summed E-state index contributed by atoms with van der Waals surface area (Å²) < 4.78 is 1.26. The third-order valence-electron chi connectivity index (χ3n) is 5.66. The van der Waals surface area contributed by atoms with Crippen LogP contribution in [0.15, 0.2) is 0 Å². The lowest BCUT2D eigenvalue weighted by molar-refractivity contribution is -0.917. The maximum Gasteiger partial charge on any atom is 0.0914 e. The fraction of sp³-hybridized carbons (Fsp3) is 1.00. The van der Waals surface area contributed by atoms with E-state index < -0.39 is 0 Å². The summed E-state index contributed by atoms with van der Waals surface area (Å²) in [5.74, 6) is 1.83. The van der Waals surface area contributed by atoms with Crippen molar-refractivity contribution in [3.05, 3.63) is 0 Å². The maximum absolute atomic E-state index is 2.52. The Bertz CT molecular complexity index is 233. The van der Waals surface area contributed by atoms with Crippen LogP contribution < -0.4 is 0 Å². The molecule has 3 fully saturated rings. The first kappa shape index (κ1) is 10.5. The lowest BCUT2D eigenvalue weighted by Gasteiger charge is -2.46. The highest BCUT2D eigenvalue weighted by Crippen LogP contribution is 2.51. The summed E-state index contributed by atoms with van der Waals surface area (Å²) in [6.07, 6.45) is 4.35. The lowest BCUT2D eigenvalue weighted by Crippen LogP contribution is -2.53. The predicted molar refractivity (Wildman–Crippen MR) is 61.0 cm³/mol. The highest BCUT2D eigenvalue weighted by Gasteiger charge is 2.51. The van der Waals surface area contributed by atoms with Gasteiger partial charge in [-0.05, 0) is 17.8 Å². The van der Waals surface area contributed by atoms with Crippen LogP contribution in [0.25, 0.3) is 0 Å². The molecule has 82 valence electrons. The van der Waals surface area contributed by atoms with Crippen LogP contribution in [-0.2, 0) is 0 Å².